The van der Waals surface area contributed by atoms with Crippen LogP contribution in [0.2, 0.25) is 0 Å². The molecule has 1 aromatic heterocycles. The van der Waals surface area contributed by atoms with Gasteiger partial charge in [0.2, 0.25) is 0 Å². The Morgan fingerprint density at radius 3 is 1.52 bits per heavy atom. The Bertz CT molecular complexity index is 2780. The van der Waals surface area contributed by atoms with Crippen LogP contribution in [0.1, 0.15) is 5.82 Å². The Morgan fingerprint density at radius 1 is 0.426 bits per heavy atom. The van der Waals surface area contributed by atoms with Crippen molar-refractivity contribution in [1.82, 2.24) is 9.55 Å². The molecule has 8 aromatic carbocycles. The maximum absolute atomic E-state index is 11.2. The molecule has 0 saturated heterocycles. The fourth-order valence-corrected chi connectivity index (χ4v) is 7.61. The van der Waals surface area contributed by atoms with Crippen LogP contribution >= 0.6 is 0 Å². The Morgan fingerprint density at radius 2 is 0.889 bits per heavy atom. The van der Waals surface area contributed by atoms with Gasteiger partial charge in [-0.1, -0.05) is 146 Å². The lowest BCUT2D eigenvalue weighted by Crippen LogP contribution is -2.54. The first-order valence-electron chi connectivity index (χ1n) is 17.8. The molecule has 0 fully saturated rings. The highest BCUT2D eigenvalue weighted by molar-refractivity contribution is 6.43. The monoisotopic (exact) mass is 688 g/mol. The smallest absolute Gasteiger partial charge is 0.138 e. The van der Waals surface area contributed by atoms with E-state index < -0.39 is 10.9 Å². The number of hydrogen-bond donors (Lipinski definition) is 2. The Kier molecular flexibility index (Phi) is 8.15. The van der Waals surface area contributed by atoms with E-state index in [0.717, 1.165) is 38.6 Å². The van der Waals surface area contributed by atoms with Crippen molar-refractivity contribution < 1.29 is 10.2 Å². The molecule has 1 unspecified atom stereocenters. The molecule has 1 atom stereocenters. The summed E-state index contributed by atoms with van der Waals surface area (Å²) in [6, 6.07) is 60.3. The zero-order valence-electron chi connectivity index (χ0n) is 29.3. The molecule has 250 valence electrons. The molecule has 7 heteroatoms. The minimum Gasteiger partial charge on any atom is -0.407 e. The Balaban J connectivity index is 1.19. The van der Waals surface area contributed by atoms with E-state index in [1.54, 1.807) is 10.6 Å². The number of nitrogens with zero attached hydrogens (tertiary/aromatic N) is 2. The average molecular weight is 688 g/mol. The van der Waals surface area contributed by atoms with Gasteiger partial charge >= 0.3 is 0 Å². The number of para-hydroxylation sites is 2. The van der Waals surface area contributed by atoms with E-state index in [4.69, 9.17) is 23.5 Å². The van der Waals surface area contributed by atoms with E-state index in [1.807, 2.05) is 48.5 Å². The second-order valence-electron chi connectivity index (χ2n) is 13.8. The predicted octanol–water partition coefficient (Wildman–Crippen LogP) is 9.30. The first kappa shape index (κ1) is 33.7. The highest BCUT2D eigenvalue weighted by atomic mass is 16.3. The number of hydrogen-bond acceptors (Lipinski definition) is 3. The van der Waals surface area contributed by atoms with Gasteiger partial charge in [-0.15, -0.1) is 0 Å². The summed E-state index contributed by atoms with van der Waals surface area (Å²) in [5.74, 6) is -0.0881. The zero-order valence-corrected chi connectivity index (χ0v) is 29.3. The van der Waals surface area contributed by atoms with E-state index in [9.17, 15) is 10.2 Å². The summed E-state index contributed by atoms with van der Waals surface area (Å²) in [5.41, 5.74) is 8.22. The van der Waals surface area contributed by atoms with E-state index >= 15 is 0 Å². The lowest BCUT2D eigenvalue weighted by Gasteiger charge is -2.37. The summed E-state index contributed by atoms with van der Waals surface area (Å²) in [6.45, 7) is 0. The molecule has 6 radical (unpaired) electrons. The van der Waals surface area contributed by atoms with Crippen LogP contribution < -0.4 is 0 Å². The number of aromatic nitrogens is 2. The van der Waals surface area contributed by atoms with Crippen molar-refractivity contribution in [3.8, 4) is 50.2 Å². The zero-order chi connectivity index (χ0) is 37.0. The van der Waals surface area contributed by atoms with Gasteiger partial charge in [-0.2, -0.15) is 0 Å². The predicted molar refractivity (Wildman–Crippen MR) is 224 cm³/mol. The summed E-state index contributed by atoms with van der Waals surface area (Å²) in [7, 11) is 17.7. The molecular weight excluding hydrogens is 657 g/mol. The van der Waals surface area contributed by atoms with Crippen molar-refractivity contribution in [3.63, 3.8) is 0 Å². The Labute approximate surface area is 317 Å². The number of aliphatic hydroxyl groups is 2. The van der Waals surface area contributed by atoms with Crippen LogP contribution in [0.5, 0.6) is 0 Å². The lowest BCUT2D eigenvalue weighted by atomic mass is 9.49. The maximum Gasteiger partial charge on any atom is 0.138 e. The molecule has 0 amide bonds. The highest BCUT2D eigenvalue weighted by Gasteiger charge is 2.41. The third-order valence-electron chi connectivity index (χ3n) is 10.3. The van der Waals surface area contributed by atoms with E-state index in [2.05, 4.69) is 126 Å². The largest absolute Gasteiger partial charge is 0.407 e. The van der Waals surface area contributed by atoms with Crippen LogP contribution in [0.4, 0.5) is 0 Å². The van der Waals surface area contributed by atoms with Crippen LogP contribution in [-0.2, 0) is 5.50 Å². The van der Waals surface area contributed by atoms with Crippen molar-refractivity contribution in [2.45, 2.75) is 10.9 Å². The molecule has 54 heavy (non-hydrogen) atoms. The fraction of sp³-hybridized carbons (Fsp3) is 0.0426. The van der Waals surface area contributed by atoms with Gasteiger partial charge in [-0.3, -0.25) is 4.57 Å². The highest BCUT2D eigenvalue weighted by Crippen LogP contribution is 2.44. The second-order valence-corrected chi connectivity index (χ2v) is 13.8. The molecule has 0 spiro atoms. The third-order valence-corrected chi connectivity index (χ3v) is 10.3. The van der Waals surface area contributed by atoms with Crippen LogP contribution in [0.3, 0.4) is 0 Å². The van der Waals surface area contributed by atoms with Crippen molar-refractivity contribution >= 4 is 56.1 Å². The fourth-order valence-electron chi connectivity index (χ4n) is 7.61. The summed E-state index contributed by atoms with van der Waals surface area (Å²) < 4.78 is 1.68. The van der Waals surface area contributed by atoms with Gasteiger partial charge in [0.05, 0.1) is 16.5 Å². The molecule has 1 heterocycles. The maximum atomic E-state index is 11.2. The van der Waals surface area contributed by atoms with Gasteiger partial charge in [0.1, 0.15) is 29.4 Å². The SMILES string of the molecule is [B]C([B])(O)C([B])(O)c1nc2ccccc2n1-c1cccc(-c2cccc(-c3c4ccccc4c(-c4ccc(-c5ccccc5)cc4)c4ccccc34)c2)c1. The van der Waals surface area contributed by atoms with Crippen LogP contribution in [-0.4, -0.2) is 48.7 Å². The van der Waals surface area contributed by atoms with Crippen molar-refractivity contribution in [3.05, 3.63) is 182 Å². The van der Waals surface area contributed by atoms with E-state index in [0.29, 0.717) is 16.7 Å². The second kappa shape index (κ2) is 13.1. The molecule has 2 N–H and O–H groups in total. The van der Waals surface area contributed by atoms with Gasteiger partial charge in [-0.05, 0) is 96.4 Å². The number of fused-ring (bicyclic) bond motifs is 3. The van der Waals surface area contributed by atoms with Gasteiger partial charge < -0.3 is 10.2 Å². The van der Waals surface area contributed by atoms with Crippen LogP contribution in [0, 0.1) is 0 Å². The number of benzene rings is 8. The molecule has 9 rings (SSSR count). The van der Waals surface area contributed by atoms with E-state index in [-0.39, 0.29) is 5.82 Å². The average Bonchev–Trinajstić information content (AvgIpc) is 3.61. The first-order valence-corrected chi connectivity index (χ1v) is 17.8. The summed E-state index contributed by atoms with van der Waals surface area (Å²) in [6.07, 6.45) is 0. The molecule has 0 aliphatic heterocycles. The topological polar surface area (TPSA) is 58.3 Å². The number of imidazole rings is 1. The van der Waals surface area contributed by atoms with Gasteiger partial charge in [0.25, 0.3) is 0 Å². The number of rotatable bonds is 7. The van der Waals surface area contributed by atoms with Crippen molar-refractivity contribution in [1.29, 1.82) is 0 Å². The van der Waals surface area contributed by atoms with Gasteiger partial charge in [0, 0.05) is 11.1 Å². The minimum absolute atomic E-state index is 0.0881. The summed E-state index contributed by atoms with van der Waals surface area (Å²) in [5, 5.41) is 23.7. The lowest BCUT2D eigenvalue weighted by molar-refractivity contribution is -0.00426. The van der Waals surface area contributed by atoms with Gasteiger partial charge in [0.15, 0.2) is 0 Å². The summed E-state index contributed by atoms with van der Waals surface area (Å²) in [4.78, 5) is 4.56. The molecule has 9 aromatic rings. The Hall–Kier alpha value is -6.14. The van der Waals surface area contributed by atoms with Crippen LogP contribution in [0.25, 0.3) is 82.8 Å². The minimum atomic E-state index is -2.66. The quantitative estimate of drug-likeness (QED) is 0.130. The van der Waals surface area contributed by atoms with Crippen molar-refractivity contribution in [2.24, 2.45) is 0 Å². The molecule has 4 nitrogen and oxygen atoms in total. The molecule has 0 bridgehead atoms. The standard InChI is InChI=1S/C47H31B3N2O2/c48-46(53,47(49,50)54)45-51-41-22-8-9-23-42(41)52(45)36-17-11-15-34(29-36)33-14-10-16-35(28-33)44-39-20-6-4-18-37(39)43(38-19-5-7-21-40(38)44)32-26-24-31(25-27-32)30-12-2-1-3-13-30/h1-29,53-54H. The van der Waals surface area contributed by atoms with E-state index in [1.165, 1.54) is 27.5 Å². The summed E-state index contributed by atoms with van der Waals surface area (Å²) >= 11 is 0. The van der Waals surface area contributed by atoms with Crippen LogP contribution in [0.15, 0.2) is 176 Å². The molecule has 0 aliphatic rings. The normalized spacial score (nSPS) is 13.0. The van der Waals surface area contributed by atoms with Crippen molar-refractivity contribution in [2.75, 3.05) is 0 Å². The molecule has 0 saturated carbocycles. The first-order chi connectivity index (χ1) is 26.2. The third kappa shape index (κ3) is 5.65. The molecule has 0 aliphatic carbocycles. The molecular formula is C47H31B3N2O2. The van der Waals surface area contributed by atoms with Gasteiger partial charge in [-0.25, -0.2) is 4.98 Å².